The zero-order valence-corrected chi connectivity index (χ0v) is 32.8. The summed E-state index contributed by atoms with van der Waals surface area (Å²) in [6, 6.07) is 0. The van der Waals surface area contributed by atoms with Crippen molar-refractivity contribution in [1.29, 1.82) is 0 Å². The minimum Gasteiger partial charge on any atom is -0.463 e. The van der Waals surface area contributed by atoms with Gasteiger partial charge in [0.2, 0.25) is 0 Å². The zero-order chi connectivity index (χ0) is 36.3. The SMILES string of the molecule is CCCCC/C=C\CC1OC1C/C=C\C/C=C\CCCC(=O)OC[C@@H](O)COC(=O)CCCCCCCCCCCCCCCCCC(C)C. The number of hydrogen-bond donors (Lipinski definition) is 1. The largest absolute Gasteiger partial charge is 0.463 e. The summed E-state index contributed by atoms with van der Waals surface area (Å²) in [4.78, 5) is 24.0. The van der Waals surface area contributed by atoms with Gasteiger partial charge in [-0.1, -0.05) is 166 Å². The number of epoxide rings is 1. The highest BCUT2D eigenvalue weighted by atomic mass is 16.6. The molecular formula is C44H78O6. The molecule has 1 aliphatic heterocycles. The second-order valence-electron chi connectivity index (χ2n) is 15.0. The quantitative estimate of drug-likeness (QED) is 0.0303. The van der Waals surface area contributed by atoms with E-state index < -0.39 is 6.10 Å². The Morgan fingerprint density at radius 1 is 0.580 bits per heavy atom. The van der Waals surface area contributed by atoms with Gasteiger partial charge in [-0.25, -0.2) is 0 Å². The number of hydrogen-bond acceptors (Lipinski definition) is 6. The van der Waals surface area contributed by atoms with Gasteiger partial charge in [0.15, 0.2) is 0 Å². The first kappa shape index (κ1) is 46.1. The van der Waals surface area contributed by atoms with E-state index in [4.69, 9.17) is 14.2 Å². The van der Waals surface area contributed by atoms with E-state index >= 15 is 0 Å². The standard InChI is InChI=1S/C44H78O6/c1-4-5-6-7-23-28-33-41-42(50-41)34-29-24-19-17-21-26-31-36-44(47)49-38-40(45)37-48-43(46)35-30-25-20-16-14-12-10-8-9-11-13-15-18-22-27-32-39(2)3/h17,21,23-24,28-29,39-42,45H,4-16,18-20,22,25-27,30-38H2,1-3H3/b21-17-,28-23-,29-24-/t40-,41?,42?/m0/s1. The molecule has 1 fully saturated rings. The van der Waals surface area contributed by atoms with Gasteiger partial charge in [-0.15, -0.1) is 0 Å². The predicted octanol–water partition coefficient (Wildman–Crippen LogP) is 12.1. The lowest BCUT2D eigenvalue weighted by Gasteiger charge is -2.12. The van der Waals surface area contributed by atoms with Crippen LogP contribution in [0.3, 0.4) is 0 Å². The number of ether oxygens (including phenoxy) is 3. The van der Waals surface area contributed by atoms with Crippen molar-refractivity contribution in [3.8, 4) is 0 Å². The van der Waals surface area contributed by atoms with E-state index in [0.717, 1.165) is 50.9 Å². The Labute approximate surface area is 308 Å². The summed E-state index contributed by atoms with van der Waals surface area (Å²) in [5, 5.41) is 10.0. The van der Waals surface area contributed by atoms with Crippen LogP contribution in [0.25, 0.3) is 0 Å². The smallest absolute Gasteiger partial charge is 0.305 e. The summed E-state index contributed by atoms with van der Waals surface area (Å²) in [5.41, 5.74) is 0. The Balaban J connectivity index is 1.84. The van der Waals surface area contributed by atoms with Gasteiger partial charge in [0, 0.05) is 12.8 Å². The molecule has 1 aliphatic rings. The van der Waals surface area contributed by atoms with Gasteiger partial charge in [-0.05, 0) is 57.3 Å². The van der Waals surface area contributed by atoms with Crippen LogP contribution < -0.4 is 0 Å². The number of aliphatic hydroxyl groups is 1. The molecule has 1 heterocycles. The van der Waals surface area contributed by atoms with Crippen LogP contribution in [0.15, 0.2) is 36.5 Å². The third kappa shape index (κ3) is 32.0. The van der Waals surface area contributed by atoms with Crippen LogP contribution in [-0.2, 0) is 23.8 Å². The molecule has 0 spiro atoms. The summed E-state index contributed by atoms with van der Waals surface area (Å²) in [7, 11) is 0. The van der Waals surface area contributed by atoms with E-state index in [1.807, 2.05) is 0 Å². The van der Waals surface area contributed by atoms with Crippen LogP contribution in [-0.4, -0.2) is 48.6 Å². The number of aliphatic hydroxyl groups excluding tert-OH is 1. The van der Waals surface area contributed by atoms with Gasteiger partial charge in [0.1, 0.15) is 19.3 Å². The number of unbranched alkanes of at least 4 members (excludes halogenated alkanes) is 18. The van der Waals surface area contributed by atoms with E-state index in [2.05, 4.69) is 57.2 Å². The van der Waals surface area contributed by atoms with Crippen molar-refractivity contribution in [3.05, 3.63) is 36.5 Å². The van der Waals surface area contributed by atoms with Gasteiger partial charge >= 0.3 is 11.9 Å². The maximum absolute atomic E-state index is 12.0. The Morgan fingerprint density at radius 3 is 1.56 bits per heavy atom. The highest BCUT2D eigenvalue weighted by molar-refractivity contribution is 5.69. The number of carbonyl (C=O) groups is 2. The van der Waals surface area contributed by atoms with Gasteiger partial charge in [-0.3, -0.25) is 9.59 Å². The van der Waals surface area contributed by atoms with Gasteiger partial charge in [0.25, 0.3) is 0 Å². The molecule has 0 saturated carbocycles. The van der Waals surface area contributed by atoms with Crippen molar-refractivity contribution < 1.29 is 28.9 Å². The molecule has 6 nitrogen and oxygen atoms in total. The molecule has 3 atom stereocenters. The van der Waals surface area contributed by atoms with Crippen LogP contribution in [0, 0.1) is 5.92 Å². The van der Waals surface area contributed by atoms with Crippen molar-refractivity contribution in [2.24, 2.45) is 5.92 Å². The van der Waals surface area contributed by atoms with Crippen LogP contribution >= 0.6 is 0 Å². The molecule has 0 bridgehead atoms. The third-order valence-electron chi connectivity index (χ3n) is 9.46. The Hall–Kier alpha value is -1.92. The Morgan fingerprint density at radius 2 is 1.02 bits per heavy atom. The maximum Gasteiger partial charge on any atom is 0.305 e. The minimum atomic E-state index is -0.988. The van der Waals surface area contributed by atoms with Gasteiger partial charge < -0.3 is 19.3 Å². The molecule has 2 unspecified atom stereocenters. The van der Waals surface area contributed by atoms with Crippen LogP contribution in [0.2, 0.25) is 0 Å². The first-order chi connectivity index (χ1) is 24.4. The van der Waals surface area contributed by atoms with Crippen molar-refractivity contribution in [1.82, 2.24) is 0 Å². The lowest BCUT2D eigenvalue weighted by Crippen LogP contribution is -2.25. The zero-order valence-electron chi connectivity index (χ0n) is 32.8. The number of carbonyl (C=O) groups excluding carboxylic acids is 2. The molecule has 1 N–H and O–H groups in total. The molecule has 1 rings (SSSR count). The van der Waals surface area contributed by atoms with Crippen LogP contribution in [0.1, 0.15) is 194 Å². The van der Waals surface area contributed by atoms with Crippen molar-refractivity contribution in [2.45, 2.75) is 212 Å². The van der Waals surface area contributed by atoms with E-state index in [9.17, 15) is 14.7 Å². The average Bonchev–Trinajstić information content (AvgIpc) is 3.86. The topological polar surface area (TPSA) is 85.4 Å². The summed E-state index contributed by atoms with van der Waals surface area (Å²) < 4.78 is 16.1. The molecule has 290 valence electrons. The monoisotopic (exact) mass is 703 g/mol. The molecule has 0 aliphatic carbocycles. The Kier molecular flexibility index (Phi) is 31.5. The summed E-state index contributed by atoms with van der Waals surface area (Å²) in [6.07, 6.45) is 43.8. The molecule has 0 aromatic rings. The second kappa shape index (κ2) is 34.2. The predicted molar refractivity (Wildman–Crippen MR) is 209 cm³/mol. The van der Waals surface area contributed by atoms with E-state index in [1.165, 1.54) is 109 Å². The van der Waals surface area contributed by atoms with Crippen LogP contribution in [0.5, 0.6) is 0 Å². The second-order valence-corrected chi connectivity index (χ2v) is 15.0. The molecule has 50 heavy (non-hydrogen) atoms. The third-order valence-corrected chi connectivity index (χ3v) is 9.46. The molecule has 0 amide bonds. The van der Waals surface area contributed by atoms with Crippen molar-refractivity contribution in [2.75, 3.05) is 13.2 Å². The highest BCUT2D eigenvalue weighted by Crippen LogP contribution is 2.29. The number of esters is 2. The first-order valence-corrected chi connectivity index (χ1v) is 21.0. The first-order valence-electron chi connectivity index (χ1n) is 21.0. The molecular weight excluding hydrogens is 624 g/mol. The maximum atomic E-state index is 12.0. The molecule has 1 saturated heterocycles. The minimum absolute atomic E-state index is 0.135. The van der Waals surface area contributed by atoms with Gasteiger partial charge in [-0.2, -0.15) is 0 Å². The average molecular weight is 703 g/mol. The van der Waals surface area contributed by atoms with E-state index in [0.29, 0.717) is 31.5 Å². The highest BCUT2D eigenvalue weighted by Gasteiger charge is 2.35. The summed E-state index contributed by atoms with van der Waals surface area (Å²) >= 11 is 0. The lowest BCUT2D eigenvalue weighted by atomic mass is 10.0. The van der Waals surface area contributed by atoms with Crippen molar-refractivity contribution in [3.63, 3.8) is 0 Å². The lowest BCUT2D eigenvalue weighted by molar-refractivity contribution is -0.152. The fraction of sp³-hybridized carbons (Fsp3) is 0.818. The number of rotatable bonds is 36. The van der Waals surface area contributed by atoms with E-state index in [-0.39, 0.29) is 25.2 Å². The molecule has 0 aromatic heterocycles. The van der Waals surface area contributed by atoms with Gasteiger partial charge in [0.05, 0.1) is 12.2 Å². The fourth-order valence-electron chi connectivity index (χ4n) is 6.13. The van der Waals surface area contributed by atoms with Crippen LogP contribution in [0.4, 0.5) is 0 Å². The molecule has 0 aromatic carbocycles. The molecule has 6 heteroatoms. The van der Waals surface area contributed by atoms with Crippen molar-refractivity contribution >= 4 is 11.9 Å². The Bertz CT molecular complexity index is 878. The van der Waals surface area contributed by atoms with E-state index in [1.54, 1.807) is 0 Å². The molecule has 0 radical (unpaired) electrons. The number of allylic oxidation sites excluding steroid dienone is 4. The summed E-state index contributed by atoms with van der Waals surface area (Å²) in [5.74, 6) is 0.222. The fourth-order valence-corrected chi connectivity index (χ4v) is 6.13. The summed E-state index contributed by atoms with van der Waals surface area (Å²) in [6.45, 7) is 6.58. The normalized spacial score (nSPS) is 16.7.